The Balaban J connectivity index is 4.22. The predicted molar refractivity (Wildman–Crippen MR) is 71.8 cm³/mol. The van der Waals surface area contributed by atoms with Gasteiger partial charge in [0.25, 0.3) is 0 Å². The lowest BCUT2D eigenvalue weighted by Crippen LogP contribution is -2.40. The number of hydrogen-bond donors (Lipinski definition) is 3. The van der Waals surface area contributed by atoms with Crippen LogP contribution in [0.3, 0.4) is 0 Å². The molecule has 0 atom stereocenters. The molecule has 0 aromatic carbocycles. The summed E-state index contributed by atoms with van der Waals surface area (Å²) < 4.78 is 0. The maximum atomic E-state index is 11.7. The van der Waals surface area contributed by atoms with Crippen LogP contribution < -0.4 is 16.4 Å². The second-order valence-corrected chi connectivity index (χ2v) is 5.22. The summed E-state index contributed by atoms with van der Waals surface area (Å²) in [7, 11) is 0. The second kappa shape index (κ2) is 7.14. The van der Waals surface area contributed by atoms with Crippen LogP contribution in [0.25, 0.3) is 0 Å². The predicted octanol–water partition coefficient (Wildman–Crippen LogP) is 0.709. The van der Waals surface area contributed by atoms with Gasteiger partial charge in [-0.3, -0.25) is 9.79 Å². The normalized spacial score (nSPS) is 12.7. The Hall–Kier alpha value is -1.26. The van der Waals surface area contributed by atoms with Gasteiger partial charge in [-0.2, -0.15) is 0 Å². The van der Waals surface area contributed by atoms with Crippen LogP contribution in [0.1, 0.15) is 34.6 Å². The molecule has 0 radical (unpaired) electrons. The molecule has 0 saturated carbocycles. The van der Waals surface area contributed by atoms with Gasteiger partial charge in [-0.05, 0) is 26.7 Å². The van der Waals surface area contributed by atoms with Crippen molar-refractivity contribution in [3.05, 3.63) is 0 Å². The number of carbonyl (C=O) groups is 1. The molecule has 5 nitrogen and oxygen atoms in total. The van der Waals surface area contributed by atoms with Crippen LogP contribution in [-0.2, 0) is 4.79 Å². The van der Waals surface area contributed by atoms with Crippen molar-refractivity contribution in [1.29, 1.82) is 0 Å². The molecule has 0 saturated heterocycles. The molecule has 0 bridgehead atoms. The number of nitrogens with one attached hydrogen (secondary N) is 2. The summed E-state index contributed by atoms with van der Waals surface area (Å²) in [5.74, 6) is 0.914. The van der Waals surface area contributed by atoms with Crippen molar-refractivity contribution in [1.82, 2.24) is 10.6 Å². The van der Waals surface area contributed by atoms with Crippen molar-refractivity contribution in [3.8, 4) is 0 Å². The van der Waals surface area contributed by atoms with E-state index in [2.05, 4.69) is 29.5 Å². The van der Waals surface area contributed by atoms with E-state index < -0.39 is 5.41 Å². The van der Waals surface area contributed by atoms with Crippen molar-refractivity contribution < 1.29 is 4.79 Å². The summed E-state index contributed by atoms with van der Waals surface area (Å²) in [4.78, 5) is 15.9. The average Bonchev–Trinajstić information content (AvgIpc) is 2.24. The van der Waals surface area contributed by atoms with Gasteiger partial charge in [0.15, 0.2) is 5.96 Å². The zero-order chi connectivity index (χ0) is 13.5. The van der Waals surface area contributed by atoms with Gasteiger partial charge in [-0.15, -0.1) is 0 Å². The molecule has 0 aliphatic heterocycles. The summed E-state index contributed by atoms with van der Waals surface area (Å²) in [6, 6.07) is 0. The molecule has 0 aromatic heterocycles. The van der Waals surface area contributed by atoms with E-state index >= 15 is 0 Å². The summed E-state index contributed by atoms with van der Waals surface area (Å²) >= 11 is 0. The topological polar surface area (TPSA) is 79.5 Å². The van der Waals surface area contributed by atoms with Gasteiger partial charge >= 0.3 is 0 Å². The highest BCUT2D eigenvalue weighted by molar-refractivity contribution is 5.83. The molecule has 100 valence electrons. The van der Waals surface area contributed by atoms with Crippen molar-refractivity contribution >= 4 is 11.9 Å². The molecule has 0 rings (SSSR count). The highest BCUT2D eigenvalue weighted by Crippen LogP contribution is 2.15. The minimum Gasteiger partial charge on any atom is -0.370 e. The third-order valence-electron chi connectivity index (χ3n) is 2.29. The molecular formula is C12H26N4O. The highest BCUT2D eigenvalue weighted by Gasteiger charge is 2.26. The Morgan fingerprint density at radius 2 is 1.94 bits per heavy atom. The van der Waals surface area contributed by atoms with Crippen LogP contribution in [0, 0.1) is 11.3 Å². The van der Waals surface area contributed by atoms with Crippen LogP contribution in [0.15, 0.2) is 4.99 Å². The zero-order valence-corrected chi connectivity index (χ0v) is 11.6. The van der Waals surface area contributed by atoms with E-state index in [1.165, 1.54) is 0 Å². The minimum atomic E-state index is -0.528. The van der Waals surface area contributed by atoms with Gasteiger partial charge in [0.05, 0.1) is 12.0 Å². The first-order chi connectivity index (χ1) is 7.79. The van der Waals surface area contributed by atoms with Crippen LogP contribution in [0.4, 0.5) is 0 Å². The minimum absolute atomic E-state index is 0.000379. The first-order valence-electron chi connectivity index (χ1n) is 6.11. The van der Waals surface area contributed by atoms with E-state index in [0.29, 0.717) is 25.0 Å². The molecular weight excluding hydrogens is 216 g/mol. The van der Waals surface area contributed by atoms with E-state index in [9.17, 15) is 4.79 Å². The summed E-state index contributed by atoms with van der Waals surface area (Å²) in [6.07, 6.45) is 0. The lowest BCUT2D eigenvalue weighted by Gasteiger charge is -2.21. The van der Waals surface area contributed by atoms with Crippen LogP contribution in [0.2, 0.25) is 0 Å². The maximum Gasteiger partial charge on any atom is 0.227 e. The largest absolute Gasteiger partial charge is 0.370 e. The van der Waals surface area contributed by atoms with Gasteiger partial charge in [0.1, 0.15) is 0 Å². The van der Waals surface area contributed by atoms with Crippen molar-refractivity contribution in [2.75, 3.05) is 19.6 Å². The van der Waals surface area contributed by atoms with E-state index in [-0.39, 0.29) is 5.91 Å². The number of carbonyl (C=O) groups excluding carboxylic acids is 1. The number of aliphatic imine (C=N–C) groups is 1. The molecule has 1 amide bonds. The average molecular weight is 242 g/mol. The van der Waals surface area contributed by atoms with Gasteiger partial charge in [-0.25, -0.2) is 0 Å². The molecule has 5 heteroatoms. The Morgan fingerprint density at radius 3 is 2.41 bits per heavy atom. The van der Waals surface area contributed by atoms with E-state index in [0.717, 1.165) is 6.54 Å². The number of nitrogens with two attached hydrogens (primary N) is 1. The van der Waals surface area contributed by atoms with Crippen LogP contribution >= 0.6 is 0 Å². The van der Waals surface area contributed by atoms with Gasteiger partial charge in [0.2, 0.25) is 5.91 Å². The van der Waals surface area contributed by atoms with E-state index in [1.54, 1.807) is 0 Å². The molecule has 0 heterocycles. The standard InChI is InChI=1S/C12H26N4O/c1-6-14-10(17)12(4,5)8-16-11(13)15-7-9(2)3/h9H,6-8H2,1-5H3,(H,14,17)(H3,13,15,16). The molecule has 0 aliphatic carbocycles. The van der Waals surface area contributed by atoms with Crippen LogP contribution in [-0.4, -0.2) is 31.5 Å². The molecule has 0 aromatic rings. The fourth-order valence-electron chi connectivity index (χ4n) is 1.12. The van der Waals surface area contributed by atoms with Gasteiger partial charge in [0, 0.05) is 13.1 Å². The Labute approximate surface area is 104 Å². The van der Waals surface area contributed by atoms with Crippen molar-refractivity contribution in [2.45, 2.75) is 34.6 Å². The monoisotopic (exact) mass is 242 g/mol. The number of nitrogens with zero attached hydrogens (tertiary/aromatic N) is 1. The van der Waals surface area contributed by atoms with Crippen molar-refractivity contribution in [3.63, 3.8) is 0 Å². The number of guanidine groups is 1. The highest BCUT2D eigenvalue weighted by atomic mass is 16.2. The fourth-order valence-corrected chi connectivity index (χ4v) is 1.12. The molecule has 17 heavy (non-hydrogen) atoms. The molecule has 0 unspecified atom stereocenters. The van der Waals surface area contributed by atoms with E-state index in [1.807, 2.05) is 20.8 Å². The number of hydrogen-bond acceptors (Lipinski definition) is 2. The zero-order valence-electron chi connectivity index (χ0n) is 11.6. The third-order valence-corrected chi connectivity index (χ3v) is 2.29. The maximum absolute atomic E-state index is 11.7. The van der Waals surface area contributed by atoms with E-state index in [4.69, 9.17) is 5.73 Å². The smallest absolute Gasteiger partial charge is 0.227 e. The molecule has 0 fully saturated rings. The fraction of sp³-hybridized carbons (Fsp3) is 0.833. The summed E-state index contributed by atoms with van der Waals surface area (Å²) in [5.41, 5.74) is 5.18. The first-order valence-corrected chi connectivity index (χ1v) is 6.11. The molecule has 4 N–H and O–H groups in total. The Kier molecular flexibility index (Phi) is 6.61. The quantitative estimate of drug-likeness (QED) is 0.474. The number of rotatable bonds is 6. The molecule has 0 spiro atoms. The number of amides is 1. The lowest BCUT2D eigenvalue weighted by atomic mass is 9.92. The lowest BCUT2D eigenvalue weighted by molar-refractivity contribution is -0.128. The Morgan fingerprint density at radius 1 is 1.35 bits per heavy atom. The first kappa shape index (κ1) is 15.7. The van der Waals surface area contributed by atoms with Crippen molar-refractivity contribution in [2.24, 2.45) is 22.1 Å². The van der Waals surface area contributed by atoms with Gasteiger partial charge < -0.3 is 16.4 Å². The van der Waals surface area contributed by atoms with Crippen LogP contribution in [0.5, 0.6) is 0 Å². The van der Waals surface area contributed by atoms with Gasteiger partial charge in [-0.1, -0.05) is 13.8 Å². The summed E-state index contributed by atoms with van der Waals surface area (Å²) in [5, 5.41) is 5.81. The second-order valence-electron chi connectivity index (χ2n) is 5.22. The Bertz CT molecular complexity index is 272. The molecule has 0 aliphatic rings. The summed E-state index contributed by atoms with van der Waals surface area (Å²) in [6.45, 7) is 11.6. The SMILES string of the molecule is CCNC(=O)C(C)(C)CN=C(N)NCC(C)C. The third kappa shape index (κ3) is 6.81.